The maximum absolute atomic E-state index is 11.6. The van der Waals surface area contributed by atoms with Gasteiger partial charge < -0.3 is 10.6 Å². The largest absolute Gasteiger partial charge is 0.355 e. The van der Waals surface area contributed by atoms with Gasteiger partial charge in [0.05, 0.1) is 11.7 Å². The summed E-state index contributed by atoms with van der Waals surface area (Å²) < 4.78 is 1.81. The molecule has 5 heteroatoms. The Morgan fingerprint density at radius 1 is 1.35 bits per heavy atom. The minimum atomic E-state index is -0.194. The molecule has 1 unspecified atom stereocenters. The Labute approximate surface area is 119 Å². The highest BCUT2D eigenvalue weighted by Gasteiger charge is 2.10. The SMILES string of the molecule is CCNC(=O)C(C)NCc1ccc(-n2cccn2)cc1. The van der Waals surface area contributed by atoms with Crippen molar-refractivity contribution < 1.29 is 4.79 Å². The summed E-state index contributed by atoms with van der Waals surface area (Å²) in [6.07, 6.45) is 3.66. The highest BCUT2D eigenvalue weighted by Crippen LogP contribution is 2.08. The molecule has 106 valence electrons. The Hall–Kier alpha value is -2.14. The minimum absolute atomic E-state index is 0.0284. The van der Waals surface area contributed by atoms with Crippen molar-refractivity contribution in [2.24, 2.45) is 0 Å². The lowest BCUT2D eigenvalue weighted by Gasteiger charge is -2.13. The molecule has 1 heterocycles. The summed E-state index contributed by atoms with van der Waals surface area (Å²) in [5.74, 6) is 0.0284. The van der Waals surface area contributed by atoms with Crippen LogP contribution < -0.4 is 10.6 Å². The van der Waals surface area contributed by atoms with Gasteiger partial charge in [-0.25, -0.2) is 4.68 Å². The van der Waals surface area contributed by atoms with Crippen molar-refractivity contribution in [1.29, 1.82) is 0 Å². The van der Waals surface area contributed by atoms with Crippen LogP contribution in [0.25, 0.3) is 5.69 Å². The lowest BCUT2D eigenvalue weighted by Crippen LogP contribution is -2.41. The third kappa shape index (κ3) is 3.68. The van der Waals surface area contributed by atoms with Gasteiger partial charge in [-0.2, -0.15) is 5.10 Å². The number of aromatic nitrogens is 2. The van der Waals surface area contributed by atoms with E-state index in [2.05, 4.69) is 15.7 Å². The van der Waals surface area contributed by atoms with E-state index in [-0.39, 0.29) is 11.9 Å². The molecule has 0 radical (unpaired) electrons. The summed E-state index contributed by atoms with van der Waals surface area (Å²) in [4.78, 5) is 11.6. The van der Waals surface area contributed by atoms with E-state index in [1.807, 2.05) is 55.1 Å². The van der Waals surface area contributed by atoms with Crippen molar-refractivity contribution >= 4 is 5.91 Å². The number of hydrogen-bond donors (Lipinski definition) is 2. The summed E-state index contributed by atoms with van der Waals surface area (Å²) in [7, 11) is 0. The maximum atomic E-state index is 11.6. The molecular formula is C15H20N4O. The molecule has 0 saturated carbocycles. The van der Waals surface area contributed by atoms with E-state index < -0.39 is 0 Å². The van der Waals surface area contributed by atoms with Crippen LogP contribution in [0.4, 0.5) is 0 Å². The van der Waals surface area contributed by atoms with Gasteiger partial charge in [-0.1, -0.05) is 12.1 Å². The van der Waals surface area contributed by atoms with Crippen molar-refractivity contribution in [1.82, 2.24) is 20.4 Å². The fourth-order valence-corrected chi connectivity index (χ4v) is 1.88. The molecule has 2 N–H and O–H groups in total. The average Bonchev–Trinajstić information content (AvgIpc) is 2.99. The van der Waals surface area contributed by atoms with E-state index in [0.717, 1.165) is 11.3 Å². The first-order chi connectivity index (χ1) is 9.70. The lowest BCUT2D eigenvalue weighted by molar-refractivity contribution is -0.122. The predicted octanol–water partition coefficient (Wildman–Crippen LogP) is 1.49. The Balaban J connectivity index is 1.90. The van der Waals surface area contributed by atoms with Crippen molar-refractivity contribution in [2.45, 2.75) is 26.4 Å². The van der Waals surface area contributed by atoms with Crippen LogP contribution >= 0.6 is 0 Å². The van der Waals surface area contributed by atoms with Gasteiger partial charge in [0.15, 0.2) is 0 Å². The summed E-state index contributed by atoms with van der Waals surface area (Å²) in [6.45, 7) is 5.10. The standard InChI is InChI=1S/C15H20N4O/c1-3-16-15(20)12(2)17-11-13-5-7-14(8-6-13)19-10-4-9-18-19/h4-10,12,17H,3,11H2,1-2H3,(H,16,20). The number of amides is 1. The topological polar surface area (TPSA) is 59.0 Å². The number of likely N-dealkylation sites (N-methyl/N-ethyl adjacent to an activating group) is 1. The monoisotopic (exact) mass is 272 g/mol. The molecule has 2 rings (SSSR count). The zero-order valence-electron chi connectivity index (χ0n) is 11.8. The second-order valence-corrected chi connectivity index (χ2v) is 4.61. The van der Waals surface area contributed by atoms with Crippen molar-refractivity contribution in [2.75, 3.05) is 6.54 Å². The maximum Gasteiger partial charge on any atom is 0.236 e. The van der Waals surface area contributed by atoms with Crippen molar-refractivity contribution in [3.63, 3.8) is 0 Å². The highest BCUT2D eigenvalue weighted by atomic mass is 16.2. The van der Waals surface area contributed by atoms with E-state index in [0.29, 0.717) is 13.1 Å². The molecule has 1 aromatic heterocycles. The Kier molecular flexibility index (Phi) is 4.90. The molecule has 2 aromatic rings. The molecular weight excluding hydrogens is 252 g/mol. The highest BCUT2D eigenvalue weighted by molar-refractivity contribution is 5.81. The molecule has 20 heavy (non-hydrogen) atoms. The number of benzene rings is 1. The van der Waals surface area contributed by atoms with Crippen molar-refractivity contribution in [3.8, 4) is 5.69 Å². The van der Waals surface area contributed by atoms with Crippen LogP contribution in [0.15, 0.2) is 42.7 Å². The van der Waals surface area contributed by atoms with Gasteiger partial charge in [0.25, 0.3) is 0 Å². The first-order valence-corrected chi connectivity index (χ1v) is 6.80. The molecule has 5 nitrogen and oxygen atoms in total. The van der Waals surface area contributed by atoms with E-state index in [1.54, 1.807) is 6.20 Å². The Morgan fingerprint density at radius 3 is 2.70 bits per heavy atom. The fraction of sp³-hybridized carbons (Fsp3) is 0.333. The van der Waals surface area contributed by atoms with Gasteiger partial charge in [0.1, 0.15) is 0 Å². The second-order valence-electron chi connectivity index (χ2n) is 4.61. The number of carbonyl (C=O) groups is 1. The van der Waals surface area contributed by atoms with Crippen LogP contribution in [-0.4, -0.2) is 28.3 Å². The minimum Gasteiger partial charge on any atom is -0.355 e. The van der Waals surface area contributed by atoms with Crippen LogP contribution in [0.5, 0.6) is 0 Å². The third-order valence-electron chi connectivity index (χ3n) is 3.06. The van der Waals surface area contributed by atoms with Gasteiger partial charge in [-0.3, -0.25) is 4.79 Å². The van der Waals surface area contributed by atoms with Crippen LogP contribution in [-0.2, 0) is 11.3 Å². The van der Waals surface area contributed by atoms with Crippen molar-refractivity contribution in [3.05, 3.63) is 48.3 Å². The molecule has 1 aromatic carbocycles. The van der Waals surface area contributed by atoms with E-state index in [1.165, 1.54) is 0 Å². The zero-order chi connectivity index (χ0) is 14.4. The van der Waals surface area contributed by atoms with E-state index >= 15 is 0 Å². The zero-order valence-corrected chi connectivity index (χ0v) is 11.8. The van der Waals surface area contributed by atoms with E-state index in [4.69, 9.17) is 0 Å². The van der Waals surface area contributed by atoms with E-state index in [9.17, 15) is 4.79 Å². The summed E-state index contributed by atoms with van der Waals surface area (Å²) in [5.41, 5.74) is 2.16. The van der Waals surface area contributed by atoms with Crippen LogP contribution in [0.1, 0.15) is 19.4 Å². The van der Waals surface area contributed by atoms with Crippen LogP contribution in [0.2, 0.25) is 0 Å². The first-order valence-electron chi connectivity index (χ1n) is 6.80. The smallest absolute Gasteiger partial charge is 0.236 e. The molecule has 1 amide bonds. The first kappa shape index (κ1) is 14.3. The second kappa shape index (κ2) is 6.86. The summed E-state index contributed by atoms with van der Waals surface area (Å²) >= 11 is 0. The van der Waals surface area contributed by atoms with Crippen LogP contribution in [0.3, 0.4) is 0 Å². The quantitative estimate of drug-likeness (QED) is 0.837. The molecule has 0 aliphatic rings. The molecule has 0 saturated heterocycles. The molecule has 0 bridgehead atoms. The number of nitrogens with one attached hydrogen (secondary N) is 2. The number of nitrogens with zero attached hydrogens (tertiary/aromatic N) is 2. The van der Waals surface area contributed by atoms with Gasteiger partial charge in [0.2, 0.25) is 5.91 Å². The molecule has 1 atom stereocenters. The van der Waals surface area contributed by atoms with Gasteiger partial charge in [-0.05, 0) is 37.6 Å². The molecule has 0 aliphatic carbocycles. The predicted molar refractivity (Wildman–Crippen MR) is 78.5 cm³/mol. The Bertz CT molecular complexity index is 534. The normalized spacial score (nSPS) is 12.1. The van der Waals surface area contributed by atoms with Gasteiger partial charge in [-0.15, -0.1) is 0 Å². The number of hydrogen-bond acceptors (Lipinski definition) is 3. The molecule has 0 fully saturated rings. The fourth-order valence-electron chi connectivity index (χ4n) is 1.88. The van der Waals surface area contributed by atoms with Gasteiger partial charge >= 0.3 is 0 Å². The number of rotatable bonds is 6. The Morgan fingerprint density at radius 2 is 2.10 bits per heavy atom. The van der Waals surface area contributed by atoms with Gasteiger partial charge in [0, 0.05) is 25.5 Å². The number of carbonyl (C=O) groups excluding carboxylic acids is 1. The van der Waals surface area contributed by atoms with Crippen LogP contribution in [0, 0.1) is 0 Å². The third-order valence-corrected chi connectivity index (χ3v) is 3.06. The summed E-state index contributed by atoms with van der Waals surface area (Å²) in [6, 6.07) is 9.80. The average molecular weight is 272 g/mol. The lowest BCUT2D eigenvalue weighted by atomic mass is 10.2. The molecule has 0 spiro atoms. The molecule has 0 aliphatic heterocycles. The summed E-state index contributed by atoms with van der Waals surface area (Å²) in [5, 5.41) is 10.2.